The van der Waals surface area contributed by atoms with Crippen molar-refractivity contribution in [3.8, 4) is 11.5 Å². The van der Waals surface area contributed by atoms with Crippen LogP contribution in [-0.2, 0) is 9.53 Å². The minimum absolute atomic E-state index is 0.183. The van der Waals surface area contributed by atoms with Gasteiger partial charge in [0.15, 0.2) is 11.5 Å². The highest BCUT2D eigenvalue weighted by molar-refractivity contribution is 5.95. The van der Waals surface area contributed by atoms with Crippen molar-refractivity contribution < 1.29 is 28.9 Å². The van der Waals surface area contributed by atoms with E-state index in [4.69, 9.17) is 10.5 Å². The average molecular weight is 319 g/mol. The van der Waals surface area contributed by atoms with Gasteiger partial charge in [-0.05, 0) is 30.7 Å². The van der Waals surface area contributed by atoms with Gasteiger partial charge in [-0.1, -0.05) is 18.2 Å². The van der Waals surface area contributed by atoms with E-state index in [0.29, 0.717) is 5.56 Å². The van der Waals surface area contributed by atoms with Crippen molar-refractivity contribution in [3.05, 3.63) is 58.9 Å². The minimum Gasteiger partial charge on any atom is -0.504 e. The molecule has 2 aromatic rings. The Hall–Kier alpha value is -3.09. The summed E-state index contributed by atoms with van der Waals surface area (Å²) in [5.41, 5.74) is 5.43. The SMILES string of the molecule is Cc1ccc(C(=O)OC(C(N)=O)c2ccc(F)cc2)c(O)c1O. The number of phenols is 2. The number of phenolic OH excluding ortho intramolecular Hbond substituents is 2. The second-order valence-electron chi connectivity index (χ2n) is 4.87. The van der Waals surface area contributed by atoms with E-state index in [-0.39, 0.29) is 11.1 Å². The summed E-state index contributed by atoms with van der Waals surface area (Å²) in [5, 5.41) is 19.4. The predicted octanol–water partition coefficient (Wildman–Crippen LogP) is 1.93. The summed E-state index contributed by atoms with van der Waals surface area (Å²) < 4.78 is 17.9. The number of hydrogen-bond acceptors (Lipinski definition) is 5. The number of amides is 1. The molecule has 0 radical (unpaired) electrons. The van der Waals surface area contributed by atoms with Gasteiger partial charge in [0, 0.05) is 5.56 Å². The largest absolute Gasteiger partial charge is 0.504 e. The molecule has 0 aromatic heterocycles. The summed E-state index contributed by atoms with van der Waals surface area (Å²) >= 11 is 0. The molecule has 1 amide bonds. The first-order valence-electron chi connectivity index (χ1n) is 6.58. The lowest BCUT2D eigenvalue weighted by Crippen LogP contribution is -2.26. The monoisotopic (exact) mass is 319 g/mol. The fraction of sp³-hybridized carbons (Fsp3) is 0.125. The Bertz CT molecular complexity index is 758. The Balaban J connectivity index is 2.31. The van der Waals surface area contributed by atoms with Crippen molar-refractivity contribution in [2.75, 3.05) is 0 Å². The zero-order chi connectivity index (χ0) is 17.1. The average Bonchev–Trinajstić information content (AvgIpc) is 2.51. The van der Waals surface area contributed by atoms with Gasteiger partial charge in [-0.2, -0.15) is 0 Å². The number of nitrogens with two attached hydrogens (primary N) is 1. The number of carbonyl (C=O) groups is 2. The molecule has 7 heteroatoms. The van der Waals surface area contributed by atoms with E-state index in [9.17, 15) is 24.2 Å². The number of benzene rings is 2. The number of carbonyl (C=O) groups excluding carboxylic acids is 2. The molecule has 2 aromatic carbocycles. The van der Waals surface area contributed by atoms with Crippen LogP contribution in [0.5, 0.6) is 11.5 Å². The van der Waals surface area contributed by atoms with Gasteiger partial charge < -0.3 is 20.7 Å². The molecule has 4 N–H and O–H groups in total. The van der Waals surface area contributed by atoms with Crippen molar-refractivity contribution >= 4 is 11.9 Å². The number of hydrogen-bond donors (Lipinski definition) is 3. The molecule has 0 aliphatic rings. The molecule has 0 heterocycles. The molecular weight excluding hydrogens is 305 g/mol. The zero-order valence-electron chi connectivity index (χ0n) is 12.1. The van der Waals surface area contributed by atoms with Gasteiger partial charge in [-0.25, -0.2) is 9.18 Å². The first-order chi connectivity index (χ1) is 10.8. The van der Waals surface area contributed by atoms with Crippen LogP contribution in [0, 0.1) is 12.7 Å². The fourth-order valence-corrected chi connectivity index (χ4v) is 1.94. The lowest BCUT2D eigenvalue weighted by Gasteiger charge is -2.16. The second-order valence-corrected chi connectivity index (χ2v) is 4.87. The topological polar surface area (TPSA) is 110 Å². The third kappa shape index (κ3) is 3.39. The Kier molecular flexibility index (Phi) is 4.49. The molecule has 120 valence electrons. The van der Waals surface area contributed by atoms with E-state index >= 15 is 0 Å². The Morgan fingerprint density at radius 2 is 1.70 bits per heavy atom. The van der Waals surface area contributed by atoms with Crippen molar-refractivity contribution in [1.29, 1.82) is 0 Å². The summed E-state index contributed by atoms with van der Waals surface area (Å²) in [6.07, 6.45) is -1.45. The molecule has 0 saturated carbocycles. The molecule has 0 bridgehead atoms. The molecule has 23 heavy (non-hydrogen) atoms. The van der Waals surface area contributed by atoms with Crippen molar-refractivity contribution in [2.24, 2.45) is 5.73 Å². The molecule has 1 atom stereocenters. The number of aryl methyl sites for hydroxylation is 1. The van der Waals surface area contributed by atoms with Crippen LogP contribution in [0.1, 0.15) is 27.6 Å². The normalized spacial score (nSPS) is 11.7. The molecule has 0 saturated heterocycles. The number of rotatable bonds is 4. The third-order valence-corrected chi connectivity index (χ3v) is 3.23. The van der Waals surface area contributed by atoms with E-state index in [0.717, 1.165) is 12.1 Å². The molecule has 0 aliphatic carbocycles. The maximum Gasteiger partial charge on any atom is 0.343 e. The molecule has 1 unspecified atom stereocenters. The Morgan fingerprint density at radius 3 is 2.26 bits per heavy atom. The lowest BCUT2D eigenvalue weighted by molar-refractivity contribution is -0.127. The molecule has 6 nitrogen and oxygen atoms in total. The number of primary amides is 1. The number of ether oxygens (including phenoxy) is 1. The first-order valence-corrected chi connectivity index (χ1v) is 6.58. The van der Waals surface area contributed by atoms with Crippen LogP contribution in [0.2, 0.25) is 0 Å². The fourth-order valence-electron chi connectivity index (χ4n) is 1.94. The highest BCUT2D eigenvalue weighted by Crippen LogP contribution is 2.33. The van der Waals surface area contributed by atoms with E-state index < -0.39 is 35.3 Å². The van der Waals surface area contributed by atoms with Gasteiger partial charge >= 0.3 is 5.97 Å². The summed E-state index contributed by atoms with van der Waals surface area (Å²) in [7, 11) is 0. The van der Waals surface area contributed by atoms with Crippen LogP contribution >= 0.6 is 0 Å². The van der Waals surface area contributed by atoms with Gasteiger partial charge in [0.2, 0.25) is 6.10 Å². The second kappa shape index (κ2) is 6.35. The summed E-state index contributed by atoms with van der Waals surface area (Å²) in [4.78, 5) is 23.6. The maximum atomic E-state index is 12.9. The van der Waals surface area contributed by atoms with Gasteiger partial charge in [0.25, 0.3) is 5.91 Å². The molecule has 0 fully saturated rings. The number of esters is 1. The highest BCUT2D eigenvalue weighted by atomic mass is 19.1. The highest BCUT2D eigenvalue weighted by Gasteiger charge is 2.26. The predicted molar refractivity (Wildman–Crippen MR) is 78.3 cm³/mol. The quantitative estimate of drug-likeness (QED) is 0.589. The summed E-state index contributed by atoms with van der Waals surface area (Å²) in [6, 6.07) is 7.34. The van der Waals surface area contributed by atoms with Crippen LogP contribution in [0.25, 0.3) is 0 Å². The summed E-state index contributed by atoms with van der Waals surface area (Å²) in [5.74, 6) is -3.65. The van der Waals surface area contributed by atoms with Crippen LogP contribution < -0.4 is 5.73 Å². The van der Waals surface area contributed by atoms with E-state index in [1.807, 2.05) is 0 Å². The van der Waals surface area contributed by atoms with Gasteiger partial charge in [0.1, 0.15) is 11.4 Å². The Morgan fingerprint density at radius 1 is 1.09 bits per heavy atom. The van der Waals surface area contributed by atoms with Crippen molar-refractivity contribution in [1.82, 2.24) is 0 Å². The van der Waals surface area contributed by atoms with Gasteiger partial charge in [-0.15, -0.1) is 0 Å². The van der Waals surface area contributed by atoms with Crippen molar-refractivity contribution in [2.45, 2.75) is 13.0 Å². The third-order valence-electron chi connectivity index (χ3n) is 3.23. The van der Waals surface area contributed by atoms with Gasteiger partial charge in [-0.3, -0.25) is 4.79 Å². The lowest BCUT2D eigenvalue weighted by atomic mass is 10.1. The molecule has 0 spiro atoms. The van der Waals surface area contributed by atoms with Crippen LogP contribution in [0.3, 0.4) is 0 Å². The standard InChI is InChI=1S/C16H14FNO5/c1-8-2-7-11(13(20)12(8)19)16(22)23-14(15(18)21)9-3-5-10(17)6-4-9/h2-7,14,19-20H,1H3,(H2,18,21). The van der Waals surface area contributed by atoms with Crippen LogP contribution in [0.4, 0.5) is 4.39 Å². The Labute approximate surface area is 130 Å². The minimum atomic E-state index is -1.45. The molecular formula is C16H14FNO5. The zero-order valence-corrected chi connectivity index (χ0v) is 12.1. The summed E-state index contributed by atoms with van der Waals surface area (Å²) in [6.45, 7) is 1.54. The van der Waals surface area contributed by atoms with E-state index in [2.05, 4.69) is 0 Å². The molecule has 2 rings (SSSR count). The van der Waals surface area contributed by atoms with Crippen molar-refractivity contribution in [3.63, 3.8) is 0 Å². The maximum absolute atomic E-state index is 12.9. The smallest absolute Gasteiger partial charge is 0.343 e. The van der Waals surface area contributed by atoms with Crippen LogP contribution in [0.15, 0.2) is 36.4 Å². The number of aromatic hydroxyl groups is 2. The van der Waals surface area contributed by atoms with E-state index in [1.54, 1.807) is 0 Å². The van der Waals surface area contributed by atoms with E-state index in [1.165, 1.54) is 31.2 Å². The number of halogens is 1. The first kappa shape index (κ1) is 16.3. The van der Waals surface area contributed by atoms with Crippen LogP contribution in [-0.4, -0.2) is 22.1 Å². The van der Waals surface area contributed by atoms with Gasteiger partial charge in [0.05, 0.1) is 0 Å². The molecule has 0 aliphatic heterocycles.